The molecule has 2 heterocycles. The molecule has 1 aromatic heterocycles. The Morgan fingerprint density at radius 3 is 2.00 bits per heavy atom. The number of hydrogen-bond acceptors (Lipinski definition) is 7. The van der Waals surface area contributed by atoms with E-state index in [2.05, 4.69) is 4.98 Å². The maximum Gasteiger partial charge on any atom is 0.273 e. The Balaban J connectivity index is 0.00000239. The number of nitrogen functional groups attached to an aromatic ring is 1. The molecule has 1 atom stereocenters. The van der Waals surface area contributed by atoms with Gasteiger partial charge in [-0.3, -0.25) is 4.79 Å². The second-order valence-electron chi connectivity index (χ2n) is 11.6. The molecule has 0 spiro atoms. The first kappa shape index (κ1) is 35.5. The molecule has 0 fully saturated rings. The van der Waals surface area contributed by atoms with Crippen LogP contribution < -0.4 is 24.7 Å². The van der Waals surface area contributed by atoms with Crippen LogP contribution in [0.2, 0.25) is 0 Å². The van der Waals surface area contributed by atoms with Crippen molar-refractivity contribution in [1.82, 2.24) is 9.88 Å². The lowest BCUT2D eigenvalue weighted by Crippen LogP contribution is -2.39. The van der Waals surface area contributed by atoms with Crippen molar-refractivity contribution in [3.63, 3.8) is 0 Å². The summed E-state index contributed by atoms with van der Waals surface area (Å²) in [5.41, 5.74) is 12.4. The van der Waals surface area contributed by atoms with E-state index in [1.807, 2.05) is 123 Å². The Morgan fingerprint density at radius 2 is 1.40 bits per heavy atom. The normalized spacial score (nSPS) is 13.5. The van der Waals surface area contributed by atoms with E-state index in [0.29, 0.717) is 60.7 Å². The van der Waals surface area contributed by atoms with Crippen LogP contribution in [0.3, 0.4) is 0 Å². The van der Waals surface area contributed by atoms with E-state index in [4.69, 9.17) is 24.7 Å². The fourth-order valence-corrected chi connectivity index (χ4v) is 5.88. The Hall–Kier alpha value is -5.76. The van der Waals surface area contributed by atoms with Gasteiger partial charge in [0.25, 0.3) is 5.91 Å². The van der Waals surface area contributed by atoms with Crippen molar-refractivity contribution in [2.75, 3.05) is 26.5 Å². The van der Waals surface area contributed by atoms with Crippen LogP contribution in [0.1, 0.15) is 63.8 Å². The van der Waals surface area contributed by atoms with Crippen molar-refractivity contribution >= 4 is 17.8 Å². The van der Waals surface area contributed by atoms with Gasteiger partial charge in [-0.15, -0.1) is 0 Å². The molecule has 258 valence electrons. The summed E-state index contributed by atoms with van der Waals surface area (Å²) in [6.45, 7) is 7.32. The number of aromatic nitrogens is 1. The third kappa shape index (κ3) is 8.44. The SMILES string of the molecule is CC.COc1cc(C)c(/C=C/C2c3cc(OC)c(OCc4ccccc4)cc3CCN2C(=O)c2cccc(N)n2)cc1OCc1ccccc1. The van der Waals surface area contributed by atoms with Gasteiger partial charge in [-0.05, 0) is 83.1 Å². The molecule has 0 radical (unpaired) electrons. The van der Waals surface area contributed by atoms with Crippen LogP contribution in [0.4, 0.5) is 5.82 Å². The Morgan fingerprint density at radius 1 is 0.800 bits per heavy atom. The first-order valence-electron chi connectivity index (χ1n) is 16.9. The third-order valence-electron chi connectivity index (χ3n) is 8.44. The molecular formula is C42H45N3O5. The number of carbonyl (C=O) groups excluding carboxylic acids is 1. The number of methoxy groups -OCH3 is 2. The Labute approximate surface area is 295 Å². The average Bonchev–Trinajstić information content (AvgIpc) is 3.16. The number of amides is 1. The van der Waals surface area contributed by atoms with Crippen LogP contribution in [0.5, 0.6) is 23.0 Å². The molecule has 5 aromatic rings. The van der Waals surface area contributed by atoms with Gasteiger partial charge in [0.2, 0.25) is 0 Å². The van der Waals surface area contributed by atoms with Gasteiger partial charge in [0.15, 0.2) is 23.0 Å². The highest BCUT2D eigenvalue weighted by atomic mass is 16.5. The summed E-state index contributed by atoms with van der Waals surface area (Å²) in [6, 6.07) is 32.7. The van der Waals surface area contributed by atoms with E-state index in [-0.39, 0.29) is 5.91 Å². The van der Waals surface area contributed by atoms with Crippen molar-refractivity contribution in [3.05, 3.63) is 148 Å². The topological polar surface area (TPSA) is 96.1 Å². The van der Waals surface area contributed by atoms with Crippen molar-refractivity contribution in [2.24, 2.45) is 0 Å². The van der Waals surface area contributed by atoms with E-state index in [1.54, 1.807) is 32.4 Å². The predicted molar refractivity (Wildman–Crippen MR) is 199 cm³/mol. The standard InChI is InChI=1S/C40H39N3O5.C2H6/c1-27-21-35(45-2)37(47-25-28-11-6-4-7-12-28)22-30(27)17-18-34-32-24-36(46-3)38(48-26-29-13-8-5-9-14-29)23-31(32)19-20-43(34)40(44)33-15-10-16-39(41)42-33;1-2/h4-18,21-24,34H,19-20,25-26H2,1-3H3,(H2,41,42);1-2H3/b18-17+;. The molecule has 0 aliphatic carbocycles. The molecule has 8 nitrogen and oxygen atoms in total. The number of nitrogens with zero attached hydrogens (tertiary/aromatic N) is 2. The number of aryl methyl sites for hydroxylation is 1. The van der Waals surface area contributed by atoms with Crippen LogP contribution in [-0.2, 0) is 19.6 Å². The van der Waals surface area contributed by atoms with Crippen LogP contribution in [-0.4, -0.2) is 36.6 Å². The average molecular weight is 672 g/mol. The van der Waals surface area contributed by atoms with Gasteiger partial charge in [0.05, 0.1) is 20.3 Å². The highest BCUT2D eigenvalue weighted by molar-refractivity contribution is 5.93. The summed E-state index contributed by atoms with van der Waals surface area (Å²) in [4.78, 5) is 20.1. The summed E-state index contributed by atoms with van der Waals surface area (Å²) in [5, 5.41) is 0. The summed E-state index contributed by atoms with van der Waals surface area (Å²) in [7, 11) is 3.26. The van der Waals surface area contributed by atoms with Gasteiger partial charge in [-0.1, -0.05) is 92.7 Å². The number of benzene rings is 4. The largest absolute Gasteiger partial charge is 0.493 e. The van der Waals surface area contributed by atoms with Gasteiger partial charge in [0, 0.05) is 6.54 Å². The van der Waals surface area contributed by atoms with Crippen molar-refractivity contribution in [1.29, 1.82) is 0 Å². The van der Waals surface area contributed by atoms with Crippen LogP contribution >= 0.6 is 0 Å². The summed E-state index contributed by atoms with van der Waals surface area (Å²) >= 11 is 0. The summed E-state index contributed by atoms with van der Waals surface area (Å²) in [5.74, 6) is 2.63. The second kappa shape index (κ2) is 17.1. The lowest BCUT2D eigenvalue weighted by molar-refractivity contribution is 0.0694. The first-order chi connectivity index (χ1) is 24.4. The highest BCUT2D eigenvalue weighted by Crippen LogP contribution is 2.40. The molecule has 0 saturated carbocycles. The second-order valence-corrected chi connectivity index (χ2v) is 11.6. The molecule has 1 aliphatic rings. The van der Waals surface area contributed by atoms with Gasteiger partial charge in [-0.2, -0.15) is 0 Å². The molecule has 1 amide bonds. The number of fused-ring (bicyclic) bond motifs is 1. The number of anilines is 1. The number of ether oxygens (including phenoxy) is 4. The molecule has 0 bridgehead atoms. The van der Waals surface area contributed by atoms with Crippen molar-refractivity contribution in [2.45, 2.75) is 46.4 Å². The van der Waals surface area contributed by atoms with Crippen LogP contribution in [0, 0.1) is 6.92 Å². The molecule has 4 aromatic carbocycles. The minimum Gasteiger partial charge on any atom is -0.493 e. The minimum absolute atomic E-state index is 0.204. The molecule has 1 unspecified atom stereocenters. The van der Waals surface area contributed by atoms with E-state index in [9.17, 15) is 4.79 Å². The Bertz CT molecular complexity index is 1910. The minimum atomic E-state index is -0.420. The molecule has 50 heavy (non-hydrogen) atoms. The number of hydrogen-bond donors (Lipinski definition) is 1. The number of pyridine rings is 1. The van der Waals surface area contributed by atoms with E-state index >= 15 is 0 Å². The zero-order valence-corrected chi connectivity index (χ0v) is 29.4. The molecule has 0 saturated heterocycles. The zero-order valence-electron chi connectivity index (χ0n) is 29.4. The number of nitrogens with two attached hydrogens (primary N) is 1. The maximum absolute atomic E-state index is 14.0. The third-order valence-corrected chi connectivity index (χ3v) is 8.44. The number of carbonyl (C=O) groups is 1. The van der Waals surface area contributed by atoms with E-state index < -0.39 is 6.04 Å². The van der Waals surface area contributed by atoms with E-state index in [0.717, 1.165) is 33.4 Å². The predicted octanol–water partition coefficient (Wildman–Crippen LogP) is 8.63. The van der Waals surface area contributed by atoms with Gasteiger partial charge >= 0.3 is 0 Å². The van der Waals surface area contributed by atoms with Gasteiger partial charge < -0.3 is 29.6 Å². The molecule has 6 rings (SSSR count). The summed E-state index contributed by atoms with van der Waals surface area (Å²) < 4.78 is 23.9. The molecule has 2 N–H and O–H groups in total. The fraction of sp³-hybridized carbons (Fsp3) is 0.238. The fourth-order valence-electron chi connectivity index (χ4n) is 5.88. The summed E-state index contributed by atoms with van der Waals surface area (Å²) in [6.07, 6.45) is 4.71. The molecule has 8 heteroatoms. The lowest BCUT2D eigenvalue weighted by Gasteiger charge is -2.36. The first-order valence-corrected chi connectivity index (χ1v) is 16.9. The number of rotatable bonds is 11. The van der Waals surface area contributed by atoms with Gasteiger partial charge in [-0.25, -0.2) is 4.98 Å². The smallest absolute Gasteiger partial charge is 0.273 e. The lowest BCUT2D eigenvalue weighted by atomic mass is 9.90. The monoisotopic (exact) mass is 671 g/mol. The molecular weight excluding hydrogens is 626 g/mol. The maximum atomic E-state index is 14.0. The highest BCUT2D eigenvalue weighted by Gasteiger charge is 2.32. The molecule has 1 aliphatic heterocycles. The van der Waals surface area contributed by atoms with Crippen molar-refractivity contribution in [3.8, 4) is 23.0 Å². The van der Waals surface area contributed by atoms with Crippen molar-refractivity contribution < 1.29 is 23.7 Å². The quantitative estimate of drug-likeness (QED) is 0.150. The van der Waals surface area contributed by atoms with E-state index in [1.165, 1.54) is 0 Å². The zero-order chi connectivity index (χ0) is 35.5. The van der Waals surface area contributed by atoms with Crippen LogP contribution in [0.25, 0.3) is 6.08 Å². The van der Waals surface area contributed by atoms with Crippen LogP contribution in [0.15, 0.2) is 109 Å². The Kier molecular flexibility index (Phi) is 12.1. The van der Waals surface area contributed by atoms with Gasteiger partial charge in [0.1, 0.15) is 24.7 Å².